The molecule has 0 aromatic heterocycles. The number of primary amides is 1. The highest BCUT2D eigenvalue weighted by atomic mass is 16.5. The molecule has 0 aliphatic carbocycles. The lowest BCUT2D eigenvalue weighted by molar-refractivity contribution is -0.119. The molecule has 0 saturated carbocycles. The van der Waals surface area contributed by atoms with Gasteiger partial charge in [0.15, 0.2) is 0 Å². The Morgan fingerprint density at radius 2 is 1.69 bits per heavy atom. The zero-order chi connectivity index (χ0) is 21.2. The summed E-state index contributed by atoms with van der Waals surface area (Å²) >= 11 is 0. The molecule has 2 aromatic carbocycles. The van der Waals surface area contributed by atoms with E-state index < -0.39 is 5.91 Å². The summed E-state index contributed by atoms with van der Waals surface area (Å²) in [5.74, 6) is -0.199. The van der Waals surface area contributed by atoms with E-state index in [9.17, 15) is 14.4 Å². The Balaban J connectivity index is 1.80. The van der Waals surface area contributed by atoms with Crippen molar-refractivity contribution in [2.45, 2.75) is 13.3 Å². The van der Waals surface area contributed by atoms with Crippen molar-refractivity contribution in [1.29, 1.82) is 0 Å². The predicted molar refractivity (Wildman–Crippen MR) is 112 cm³/mol. The Labute approximate surface area is 170 Å². The first-order valence-corrected chi connectivity index (χ1v) is 9.27. The standard InChI is InChI=1S/C21H26N4O4/c1-3-25(14-20(27)24-17-5-4-6-18(13-17)29-2)12-11-19(26)23-16-9-7-15(8-10-16)21(22)28/h4-10,13H,3,11-12,14H2,1-2H3,(H2,22,28)(H,23,26)(H,24,27). The first-order chi connectivity index (χ1) is 13.9. The summed E-state index contributed by atoms with van der Waals surface area (Å²) < 4.78 is 5.14. The van der Waals surface area contributed by atoms with Gasteiger partial charge in [-0.25, -0.2) is 0 Å². The van der Waals surface area contributed by atoms with Crippen molar-refractivity contribution >= 4 is 29.1 Å². The molecule has 0 radical (unpaired) electrons. The normalized spacial score (nSPS) is 10.4. The van der Waals surface area contributed by atoms with E-state index in [4.69, 9.17) is 10.5 Å². The Morgan fingerprint density at radius 3 is 2.31 bits per heavy atom. The molecule has 0 unspecified atom stereocenters. The molecule has 0 fully saturated rings. The molecule has 154 valence electrons. The fourth-order valence-corrected chi connectivity index (χ4v) is 2.65. The highest BCUT2D eigenvalue weighted by Crippen LogP contribution is 2.16. The van der Waals surface area contributed by atoms with Crippen LogP contribution < -0.4 is 21.1 Å². The van der Waals surface area contributed by atoms with Crippen molar-refractivity contribution in [1.82, 2.24) is 4.90 Å². The molecular weight excluding hydrogens is 372 g/mol. The Kier molecular flexibility index (Phi) is 8.17. The van der Waals surface area contributed by atoms with Gasteiger partial charge in [-0.05, 0) is 42.9 Å². The van der Waals surface area contributed by atoms with Crippen LogP contribution >= 0.6 is 0 Å². The fraction of sp³-hybridized carbons (Fsp3) is 0.286. The van der Waals surface area contributed by atoms with E-state index in [1.54, 1.807) is 55.6 Å². The van der Waals surface area contributed by atoms with Crippen molar-refractivity contribution < 1.29 is 19.1 Å². The number of anilines is 2. The molecule has 4 N–H and O–H groups in total. The van der Waals surface area contributed by atoms with Crippen LogP contribution in [0.4, 0.5) is 11.4 Å². The van der Waals surface area contributed by atoms with Gasteiger partial charge in [-0.1, -0.05) is 13.0 Å². The third-order valence-electron chi connectivity index (χ3n) is 4.28. The fourth-order valence-electron chi connectivity index (χ4n) is 2.65. The van der Waals surface area contributed by atoms with E-state index in [2.05, 4.69) is 10.6 Å². The lowest BCUT2D eigenvalue weighted by Crippen LogP contribution is -2.35. The lowest BCUT2D eigenvalue weighted by Gasteiger charge is -2.19. The molecule has 0 atom stereocenters. The number of hydrogen-bond acceptors (Lipinski definition) is 5. The maximum Gasteiger partial charge on any atom is 0.248 e. The van der Waals surface area contributed by atoms with Crippen LogP contribution in [-0.4, -0.2) is 49.4 Å². The minimum absolute atomic E-state index is 0.164. The quantitative estimate of drug-likeness (QED) is 0.567. The first-order valence-electron chi connectivity index (χ1n) is 9.27. The number of rotatable bonds is 10. The second kappa shape index (κ2) is 10.8. The number of carbonyl (C=O) groups excluding carboxylic acids is 3. The van der Waals surface area contributed by atoms with Gasteiger partial charge in [-0.15, -0.1) is 0 Å². The second-order valence-electron chi connectivity index (χ2n) is 6.39. The molecule has 0 aliphatic rings. The largest absolute Gasteiger partial charge is 0.497 e. The monoisotopic (exact) mass is 398 g/mol. The molecule has 0 saturated heterocycles. The molecule has 0 bridgehead atoms. The maximum atomic E-state index is 12.3. The smallest absolute Gasteiger partial charge is 0.248 e. The minimum atomic E-state index is -0.520. The molecule has 0 spiro atoms. The van der Waals surface area contributed by atoms with Crippen molar-refractivity contribution in [3.05, 3.63) is 54.1 Å². The molecule has 8 heteroatoms. The van der Waals surface area contributed by atoms with Crippen molar-refractivity contribution in [2.75, 3.05) is 37.4 Å². The molecule has 0 aliphatic heterocycles. The molecule has 3 amide bonds. The number of nitrogens with zero attached hydrogens (tertiary/aromatic N) is 1. The highest BCUT2D eigenvalue weighted by Gasteiger charge is 2.12. The van der Waals surface area contributed by atoms with Gasteiger partial charge >= 0.3 is 0 Å². The molecule has 8 nitrogen and oxygen atoms in total. The first kappa shape index (κ1) is 21.9. The summed E-state index contributed by atoms with van der Waals surface area (Å²) in [6.45, 7) is 3.17. The number of carbonyl (C=O) groups is 3. The SMILES string of the molecule is CCN(CCC(=O)Nc1ccc(C(N)=O)cc1)CC(=O)Nc1cccc(OC)c1. The average molecular weight is 398 g/mol. The number of amides is 3. The summed E-state index contributed by atoms with van der Waals surface area (Å²) in [5.41, 5.74) is 6.81. The Hall–Kier alpha value is -3.39. The van der Waals surface area contributed by atoms with Crippen molar-refractivity contribution in [3.63, 3.8) is 0 Å². The van der Waals surface area contributed by atoms with Gasteiger partial charge in [0.2, 0.25) is 17.7 Å². The molecule has 29 heavy (non-hydrogen) atoms. The van der Waals surface area contributed by atoms with Crippen molar-refractivity contribution in [3.8, 4) is 5.75 Å². The Morgan fingerprint density at radius 1 is 1.00 bits per heavy atom. The summed E-state index contributed by atoms with van der Waals surface area (Å²) in [6, 6.07) is 13.5. The third-order valence-corrected chi connectivity index (χ3v) is 4.28. The van der Waals surface area contributed by atoms with Gasteiger partial charge in [0, 0.05) is 36.0 Å². The zero-order valence-corrected chi connectivity index (χ0v) is 16.6. The van der Waals surface area contributed by atoms with Gasteiger partial charge < -0.3 is 21.1 Å². The van der Waals surface area contributed by atoms with E-state index in [0.29, 0.717) is 35.8 Å². The maximum absolute atomic E-state index is 12.3. The number of nitrogens with one attached hydrogen (secondary N) is 2. The van der Waals surface area contributed by atoms with Crippen LogP contribution in [-0.2, 0) is 9.59 Å². The third kappa shape index (κ3) is 7.27. The average Bonchev–Trinajstić information content (AvgIpc) is 2.71. The lowest BCUT2D eigenvalue weighted by atomic mass is 10.2. The van der Waals surface area contributed by atoms with Crippen molar-refractivity contribution in [2.24, 2.45) is 5.73 Å². The topological polar surface area (TPSA) is 114 Å². The molecular formula is C21H26N4O4. The van der Waals surface area contributed by atoms with Crippen LogP contribution in [0.2, 0.25) is 0 Å². The molecule has 2 rings (SSSR count). The number of nitrogens with two attached hydrogens (primary N) is 1. The van der Waals surface area contributed by atoms with Gasteiger partial charge in [0.05, 0.1) is 13.7 Å². The van der Waals surface area contributed by atoms with E-state index in [1.165, 1.54) is 0 Å². The number of ether oxygens (including phenoxy) is 1. The minimum Gasteiger partial charge on any atom is -0.497 e. The van der Waals surface area contributed by atoms with Gasteiger partial charge in [-0.2, -0.15) is 0 Å². The molecule has 0 heterocycles. The summed E-state index contributed by atoms with van der Waals surface area (Å²) in [6.07, 6.45) is 0.234. The van der Waals surface area contributed by atoms with E-state index >= 15 is 0 Å². The zero-order valence-electron chi connectivity index (χ0n) is 16.6. The van der Waals surface area contributed by atoms with E-state index in [-0.39, 0.29) is 24.8 Å². The molecule has 2 aromatic rings. The summed E-state index contributed by atoms with van der Waals surface area (Å²) in [4.78, 5) is 37.4. The van der Waals surface area contributed by atoms with Crippen LogP contribution in [0.5, 0.6) is 5.75 Å². The van der Waals surface area contributed by atoms with Crippen LogP contribution in [0.25, 0.3) is 0 Å². The van der Waals surface area contributed by atoms with Crippen LogP contribution in [0.15, 0.2) is 48.5 Å². The van der Waals surface area contributed by atoms with Crippen LogP contribution in [0.1, 0.15) is 23.7 Å². The summed E-state index contributed by atoms with van der Waals surface area (Å²) in [5, 5.41) is 5.59. The Bertz CT molecular complexity index is 852. The summed E-state index contributed by atoms with van der Waals surface area (Å²) in [7, 11) is 1.57. The number of benzene rings is 2. The van der Waals surface area contributed by atoms with Gasteiger partial charge in [0.1, 0.15) is 5.75 Å². The highest BCUT2D eigenvalue weighted by molar-refractivity contribution is 5.95. The number of methoxy groups -OCH3 is 1. The predicted octanol–water partition coefficient (Wildman–Crippen LogP) is 2.08. The van der Waals surface area contributed by atoms with Crippen LogP contribution in [0.3, 0.4) is 0 Å². The van der Waals surface area contributed by atoms with Gasteiger partial charge in [0.25, 0.3) is 0 Å². The van der Waals surface area contributed by atoms with E-state index in [1.807, 2.05) is 11.8 Å². The number of likely N-dealkylation sites (N-methyl/N-ethyl adjacent to an activating group) is 1. The van der Waals surface area contributed by atoms with Crippen LogP contribution in [0, 0.1) is 0 Å². The van der Waals surface area contributed by atoms with E-state index in [0.717, 1.165) is 0 Å². The second-order valence-corrected chi connectivity index (χ2v) is 6.39. The number of hydrogen-bond donors (Lipinski definition) is 3. The van der Waals surface area contributed by atoms with Gasteiger partial charge in [-0.3, -0.25) is 19.3 Å².